The molecule has 0 radical (unpaired) electrons. The molecule has 0 atom stereocenters. The fraction of sp³-hybridized carbons (Fsp3) is 0.250. The minimum absolute atomic E-state index is 0.725. The monoisotopic (exact) mass is 332 g/mol. The van der Waals surface area contributed by atoms with E-state index >= 15 is 0 Å². The summed E-state index contributed by atoms with van der Waals surface area (Å²) in [5.74, 6) is 1.00. The Bertz CT molecular complexity index is 615. The first-order valence-electron chi connectivity index (χ1n) is 6.69. The molecule has 0 saturated heterocycles. The summed E-state index contributed by atoms with van der Waals surface area (Å²) in [4.78, 5) is 2.38. The highest BCUT2D eigenvalue weighted by Gasteiger charge is 2.15. The van der Waals surface area contributed by atoms with Crippen LogP contribution in [0, 0.1) is 0 Å². The third-order valence-corrected chi connectivity index (χ3v) is 4.22. The molecule has 4 heteroatoms. The van der Waals surface area contributed by atoms with Gasteiger partial charge in [-0.15, -0.1) is 0 Å². The zero-order valence-electron chi connectivity index (χ0n) is 11.2. The Morgan fingerprint density at radius 1 is 1.20 bits per heavy atom. The van der Waals surface area contributed by atoms with Gasteiger partial charge in [-0.25, -0.2) is 0 Å². The average molecular weight is 333 g/mol. The van der Waals surface area contributed by atoms with E-state index in [2.05, 4.69) is 39.0 Å². The Labute approximate surface area is 127 Å². The lowest BCUT2D eigenvalue weighted by Crippen LogP contribution is -2.25. The van der Waals surface area contributed by atoms with Gasteiger partial charge < -0.3 is 10.5 Å². The molecule has 0 fully saturated rings. The van der Waals surface area contributed by atoms with Crippen LogP contribution in [0.3, 0.4) is 0 Å². The van der Waals surface area contributed by atoms with Gasteiger partial charge in [0.25, 0.3) is 0 Å². The number of anilines is 1. The SMILES string of the molecule is Nc1cc(CN2CCOc3ccccc3C2)ccc1Br. The average Bonchev–Trinajstić information content (AvgIpc) is 2.64. The van der Waals surface area contributed by atoms with Crippen LogP contribution >= 0.6 is 15.9 Å². The predicted molar refractivity (Wildman–Crippen MR) is 84.6 cm³/mol. The van der Waals surface area contributed by atoms with Crippen LogP contribution in [0.15, 0.2) is 46.9 Å². The van der Waals surface area contributed by atoms with Gasteiger partial charge in [-0.1, -0.05) is 24.3 Å². The number of halogens is 1. The molecule has 0 saturated carbocycles. The van der Waals surface area contributed by atoms with Crippen molar-refractivity contribution in [1.29, 1.82) is 0 Å². The molecule has 1 aliphatic rings. The number of fused-ring (bicyclic) bond motifs is 1. The molecule has 1 aliphatic heterocycles. The molecule has 2 N–H and O–H groups in total. The number of ether oxygens (including phenoxy) is 1. The fourth-order valence-corrected chi connectivity index (χ4v) is 2.71. The zero-order chi connectivity index (χ0) is 13.9. The highest BCUT2D eigenvalue weighted by Crippen LogP contribution is 2.25. The van der Waals surface area contributed by atoms with Gasteiger partial charge in [0.05, 0.1) is 0 Å². The Hall–Kier alpha value is -1.52. The molecule has 1 heterocycles. The minimum atomic E-state index is 0.725. The normalized spacial score (nSPS) is 15.2. The minimum Gasteiger partial charge on any atom is -0.492 e. The molecule has 3 rings (SSSR count). The van der Waals surface area contributed by atoms with Gasteiger partial charge in [-0.05, 0) is 39.7 Å². The smallest absolute Gasteiger partial charge is 0.123 e. The first kappa shape index (κ1) is 13.5. The van der Waals surface area contributed by atoms with Crippen LogP contribution in [0.25, 0.3) is 0 Å². The molecule has 0 aromatic heterocycles. The van der Waals surface area contributed by atoms with E-state index in [-0.39, 0.29) is 0 Å². The Kier molecular flexibility index (Phi) is 3.94. The van der Waals surface area contributed by atoms with Crippen molar-refractivity contribution in [2.24, 2.45) is 0 Å². The number of para-hydroxylation sites is 1. The predicted octanol–water partition coefficient (Wildman–Crippen LogP) is 3.43. The largest absolute Gasteiger partial charge is 0.492 e. The zero-order valence-corrected chi connectivity index (χ0v) is 12.8. The van der Waals surface area contributed by atoms with Crippen LogP contribution in [0.1, 0.15) is 11.1 Å². The molecular formula is C16H17BrN2O. The second-order valence-electron chi connectivity index (χ2n) is 5.02. The lowest BCUT2D eigenvalue weighted by molar-refractivity contribution is 0.219. The number of rotatable bonds is 2. The Morgan fingerprint density at radius 2 is 2.05 bits per heavy atom. The van der Waals surface area contributed by atoms with E-state index in [1.807, 2.05) is 24.3 Å². The van der Waals surface area contributed by atoms with E-state index in [1.165, 1.54) is 11.1 Å². The summed E-state index contributed by atoms with van der Waals surface area (Å²) in [6.45, 7) is 3.44. The van der Waals surface area contributed by atoms with Crippen LogP contribution in [-0.2, 0) is 13.1 Å². The lowest BCUT2D eigenvalue weighted by Gasteiger charge is -2.19. The van der Waals surface area contributed by atoms with Crippen LogP contribution in [-0.4, -0.2) is 18.1 Å². The van der Waals surface area contributed by atoms with Crippen LogP contribution in [0.5, 0.6) is 5.75 Å². The summed E-state index contributed by atoms with van der Waals surface area (Å²) in [5, 5.41) is 0. The summed E-state index contributed by atoms with van der Waals surface area (Å²) in [6.07, 6.45) is 0. The molecule has 3 nitrogen and oxygen atoms in total. The van der Waals surface area contributed by atoms with Gasteiger partial charge in [-0.2, -0.15) is 0 Å². The highest BCUT2D eigenvalue weighted by atomic mass is 79.9. The first-order valence-corrected chi connectivity index (χ1v) is 7.48. The van der Waals surface area contributed by atoms with Gasteiger partial charge in [0.2, 0.25) is 0 Å². The second kappa shape index (κ2) is 5.85. The van der Waals surface area contributed by atoms with Gasteiger partial charge in [-0.3, -0.25) is 4.90 Å². The van der Waals surface area contributed by atoms with Gasteiger partial charge in [0.1, 0.15) is 12.4 Å². The van der Waals surface area contributed by atoms with Gasteiger partial charge >= 0.3 is 0 Å². The van der Waals surface area contributed by atoms with Crippen molar-refractivity contribution in [3.05, 3.63) is 58.1 Å². The fourth-order valence-electron chi connectivity index (χ4n) is 2.46. The van der Waals surface area contributed by atoms with Crippen LogP contribution < -0.4 is 10.5 Å². The van der Waals surface area contributed by atoms with E-state index in [4.69, 9.17) is 10.5 Å². The van der Waals surface area contributed by atoms with Crippen molar-refractivity contribution >= 4 is 21.6 Å². The summed E-state index contributed by atoms with van der Waals surface area (Å²) in [6, 6.07) is 14.4. The number of hydrogen-bond acceptors (Lipinski definition) is 3. The van der Waals surface area contributed by atoms with E-state index in [1.54, 1.807) is 0 Å². The Morgan fingerprint density at radius 3 is 2.90 bits per heavy atom. The quantitative estimate of drug-likeness (QED) is 0.856. The maximum Gasteiger partial charge on any atom is 0.123 e. The molecule has 0 aliphatic carbocycles. The van der Waals surface area contributed by atoms with Crippen molar-refractivity contribution in [2.75, 3.05) is 18.9 Å². The molecule has 2 aromatic rings. The summed E-state index contributed by atoms with van der Waals surface area (Å²) in [7, 11) is 0. The third-order valence-electron chi connectivity index (χ3n) is 3.50. The van der Waals surface area contributed by atoms with E-state index in [9.17, 15) is 0 Å². The van der Waals surface area contributed by atoms with Crippen LogP contribution in [0.4, 0.5) is 5.69 Å². The summed E-state index contributed by atoms with van der Waals surface area (Å²) >= 11 is 3.43. The molecular weight excluding hydrogens is 316 g/mol. The molecule has 0 amide bonds. The number of hydrogen-bond donors (Lipinski definition) is 1. The standard InChI is InChI=1S/C16H17BrN2O/c17-14-6-5-12(9-15(14)18)10-19-7-8-20-16-4-2-1-3-13(16)11-19/h1-6,9H,7-8,10-11,18H2. The molecule has 20 heavy (non-hydrogen) atoms. The third kappa shape index (κ3) is 2.97. The molecule has 0 spiro atoms. The van der Waals surface area contributed by atoms with E-state index < -0.39 is 0 Å². The highest BCUT2D eigenvalue weighted by molar-refractivity contribution is 9.10. The molecule has 2 aromatic carbocycles. The van der Waals surface area contributed by atoms with Crippen molar-refractivity contribution in [3.63, 3.8) is 0 Å². The van der Waals surface area contributed by atoms with E-state index in [0.29, 0.717) is 0 Å². The Balaban J connectivity index is 1.76. The number of nitrogens with two attached hydrogens (primary N) is 1. The molecule has 0 unspecified atom stereocenters. The molecule has 0 bridgehead atoms. The van der Waals surface area contributed by atoms with Gasteiger partial charge in [0, 0.05) is 35.4 Å². The van der Waals surface area contributed by atoms with Crippen molar-refractivity contribution < 1.29 is 4.74 Å². The van der Waals surface area contributed by atoms with Gasteiger partial charge in [0.15, 0.2) is 0 Å². The lowest BCUT2D eigenvalue weighted by atomic mass is 10.1. The topological polar surface area (TPSA) is 38.5 Å². The summed E-state index contributed by atoms with van der Waals surface area (Å²) in [5.41, 5.74) is 9.20. The first-order chi connectivity index (χ1) is 9.72. The van der Waals surface area contributed by atoms with E-state index in [0.717, 1.165) is 42.2 Å². The maximum atomic E-state index is 5.94. The van der Waals surface area contributed by atoms with Crippen molar-refractivity contribution in [3.8, 4) is 5.75 Å². The van der Waals surface area contributed by atoms with Crippen molar-refractivity contribution in [2.45, 2.75) is 13.1 Å². The molecule has 104 valence electrons. The van der Waals surface area contributed by atoms with Crippen molar-refractivity contribution in [1.82, 2.24) is 4.90 Å². The number of nitrogens with zero attached hydrogens (tertiary/aromatic N) is 1. The second-order valence-corrected chi connectivity index (χ2v) is 5.88. The van der Waals surface area contributed by atoms with Crippen LogP contribution in [0.2, 0.25) is 0 Å². The summed E-state index contributed by atoms with van der Waals surface area (Å²) < 4.78 is 6.74. The maximum absolute atomic E-state index is 5.94. The number of benzene rings is 2. The number of nitrogen functional groups attached to an aromatic ring is 1.